The van der Waals surface area contributed by atoms with Gasteiger partial charge in [0.25, 0.3) is 10.1 Å². The van der Waals surface area contributed by atoms with Crippen LogP contribution in [-0.4, -0.2) is 34.2 Å². The predicted octanol–water partition coefficient (Wildman–Crippen LogP) is 1.48. The van der Waals surface area contributed by atoms with Crippen molar-refractivity contribution in [1.29, 1.82) is 5.41 Å². The smallest absolute Gasteiger partial charge is 0.294 e. The molecule has 0 aliphatic carbocycles. The Labute approximate surface area is 132 Å². The molecule has 0 saturated carbocycles. The topological polar surface area (TPSA) is 146 Å². The van der Waals surface area contributed by atoms with Gasteiger partial charge in [-0.15, -0.1) is 5.10 Å². The van der Waals surface area contributed by atoms with Gasteiger partial charge in [0.15, 0.2) is 0 Å². The van der Waals surface area contributed by atoms with Crippen molar-refractivity contribution in [3.05, 3.63) is 53.6 Å². The molecule has 0 unspecified atom stereocenters. The van der Waals surface area contributed by atoms with Crippen LogP contribution in [-0.2, 0) is 10.1 Å². The molecule has 0 aliphatic rings. The maximum atomic E-state index is 10.5. The minimum atomic E-state index is -4.02. The van der Waals surface area contributed by atoms with E-state index in [0.29, 0.717) is 11.1 Å². The average molecular weight is 333 g/mol. The molecule has 5 N–H and O–H groups in total. The van der Waals surface area contributed by atoms with Gasteiger partial charge in [0, 0.05) is 5.56 Å². The zero-order valence-corrected chi connectivity index (χ0v) is 13.0. The number of benzene rings is 2. The molecule has 120 valence electrons. The first-order chi connectivity index (χ1) is 10.8. The molecule has 0 aliphatic heterocycles. The summed E-state index contributed by atoms with van der Waals surface area (Å²) in [4.78, 5) is -0.0666. The van der Waals surface area contributed by atoms with Crippen LogP contribution in [0.25, 0.3) is 11.0 Å². The predicted molar refractivity (Wildman–Crippen MR) is 85.9 cm³/mol. The zero-order chi connectivity index (χ0) is 17.0. The van der Waals surface area contributed by atoms with Crippen LogP contribution in [0.1, 0.15) is 11.1 Å². The van der Waals surface area contributed by atoms with Crippen molar-refractivity contribution in [2.45, 2.75) is 11.8 Å². The second-order valence-corrected chi connectivity index (χ2v) is 6.14. The van der Waals surface area contributed by atoms with E-state index in [4.69, 9.17) is 15.7 Å². The summed E-state index contributed by atoms with van der Waals surface area (Å²) in [5, 5.41) is 17.4. The number of amidine groups is 1. The van der Waals surface area contributed by atoms with Crippen LogP contribution in [0.4, 0.5) is 0 Å². The second-order valence-electron chi connectivity index (χ2n) is 4.72. The van der Waals surface area contributed by atoms with Gasteiger partial charge in [0.2, 0.25) is 0 Å². The number of hydrogen-bond donors (Lipinski definition) is 4. The van der Waals surface area contributed by atoms with Crippen LogP contribution in [0.2, 0.25) is 0 Å². The third kappa shape index (κ3) is 4.11. The molecular weight excluding hydrogens is 318 g/mol. The number of aromatic amines is 1. The van der Waals surface area contributed by atoms with E-state index in [1.165, 1.54) is 12.1 Å². The van der Waals surface area contributed by atoms with Crippen LogP contribution >= 0.6 is 0 Å². The van der Waals surface area contributed by atoms with Crippen molar-refractivity contribution in [2.24, 2.45) is 5.73 Å². The van der Waals surface area contributed by atoms with Crippen molar-refractivity contribution >= 4 is 27.0 Å². The van der Waals surface area contributed by atoms with E-state index in [0.717, 1.165) is 11.1 Å². The Balaban J connectivity index is 0.000000168. The lowest BCUT2D eigenvalue weighted by Gasteiger charge is -1.96. The number of H-pyrrole nitrogens is 1. The lowest BCUT2D eigenvalue weighted by atomic mass is 10.2. The molecule has 3 aromatic rings. The summed E-state index contributed by atoms with van der Waals surface area (Å²) in [7, 11) is -4.02. The molecule has 0 radical (unpaired) electrons. The molecule has 3 rings (SSSR count). The second kappa shape index (κ2) is 6.55. The minimum absolute atomic E-state index is 0.00880. The van der Waals surface area contributed by atoms with Gasteiger partial charge < -0.3 is 5.73 Å². The van der Waals surface area contributed by atoms with E-state index in [-0.39, 0.29) is 10.7 Å². The summed E-state index contributed by atoms with van der Waals surface area (Å²) in [6, 6.07) is 11.4. The molecule has 0 atom stereocenters. The first-order valence-electron chi connectivity index (χ1n) is 6.47. The van der Waals surface area contributed by atoms with E-state index in [2.05, 4.69) is 15.4 Å². The maximum absolute atomic E-state index is 10.5. The summed E-state index contributed by atoms with van der Waals surface area (Å²) >= 11 is 0. The van der Waals surface area contributed by atoms with E-state index >= 15 is 0 Å². The highest BCUT2D eigenvalue weighted by Crippen LogP contribution is 2.12. The first kappa shape index (κ1) is 16.6. The number of aryl methyl sites for hydroxylation is 1. The monoisotopic (exact) mass is 333 g/mol. The van der Waals surface area contributed by atoms with Gasteiger partial charge in [-0.1, -0.05) is 29.0 Å². The van der Waals surface area contributed by atoms with E-state index in [1.807, 2.05) is 13.0 Å². The summed E-state index contributed by atoms with van der Waals surface area (Å²) < 4.78 is 29.6. The maximum Gasteiger partial charge on any atom is 0.294 e. The zero-order valence-electron chi connectivity index (χ0n) is 12.2. The van der Waals surface area contributed by atoms with Crippen molar-refractivity contribution in [1.82, 2.24) is 15.4 Å². The highest BCUT2D eigenvalue weighted by Gasteiger charge is 2.07. The molecular formula is C14H15N5O3S. The van der Waals surface area contributed by atoms with E-state index in [9.17, 15) is 8.42 Å². The molecule has 0 bridgehead atoms. The van der Waals surface area contributed by atoms with Crippen molar-refractivity contribution in [3.8, 4) is 0 Å². The number of nitrogen functional groups attached to an aromatic ring is 1. The molecule has 0 saturated heterocycles. The normalized spacial score (nSPS) is 10.9. The fourth-order valence-corrected chi connectivity index (χ4v) is 2.28. The summed E-state index contributed by atoms with van der Waals surface area (Å²) in [5.74, 6) is 0.00880. The Kier molecular flexibility index (Phi) is 4.72. The molecule has 9 heteroatoms. The number of hydrogen-bond acceptors (Lipinski definition) is 5. The number of nitrogens with one attached hydrogen (secondary N) is 2. The molecule has 0 amide bonds. The molecule has 2 aromatic carbocycles. The lowest BCUT2D eigenvalue weighted by molar-refractivity contribution is 0.483. The van der Waals surface area contributed by atoms with Gasteiger partial charge in [-0.25, -0.2) is 0 Å². The Hall–Kier alpha value is -2.78. The first-order valence-corrected chi connectivity index (χ1v) is 7.91. The third-order valence-corrected chi connectivity index (χ3v) is 3.83. The van der Waals surface area contributed by atoms with Gasteiger partial charge in [-0.3, -0.25) is 15.1 Å². The minimum Gasteiger partial charge on any atom is -0.384 e. The molecule has 23 heavy (non-hydrogen) atoms. The third-order valence-electron chi connectivity index (χ3n) is 2.97. The Morgan fingerprint density at radius 1 is 1.22 bits per heavy atom. The standard InChI is InChI=1S/C7H7N5.C7H8O3S/c8-7(9)4-2-1-3-5-6(4)11-12-10-5;1-6-2-4-7(5-3-6)11(8,9)10/h1-3H,(H3,8,9)(H,10,11,12);2-5H,1H3,(H,8,9,10). The SMILES string of the molecule is Cc1ccc(S(=O)(=O)O)cc1.N=C(N)c1cccc2[nH]nnc12. The Morgan fingerprint density at radius 3 is 2.43 bits per heavy atom. The number of nitrogens with zero attached hydrogens (tertiary/aromatic N) is 2. The summed E-state index contributed by atoms with van der Waals surface area (Å²) in [6.07, 6.45) is 0. The van der Waals surface area contributed by atoms with Crippen LogP contribution in [0, 0.1) is 12.3 Å². The van der Waals surface area contributed by atoms with Crippen LogP contribution in [0.3, 0.4) is 0 Å². The summed E-state index contributed by atoms with van der Waals surface area (Å²) in [5.41, 5.74) is 8.35. The quantitative estimate of drug-likeness (QED) is 0.317. The number of fused-ring (bicyclic) bond motifs is 1. The van der Waals surface area contributed by atoms with Gasteiger partial charge >= 0.3 is 0 Å². The fourth-order valence-electron chi connectivity index (χ4n) is 1.80. The van der Waals surface area contributed by atoms with Gasteiger partial charge in [-0.05, 0) is 31.2 Å². The molecule has 1 heterocycles. The van der Waals surface area contributed by atoms with Crippen LogP contribution < -0.4 is 5.73 Å². The van der Waals surface area contributed by atoms with E-state index < -0.39 is 10.1 Å². The Bertz CT molecular complexity index is 932. The molecule has 1 aromatic heterocycles. The van der Waals surface area contributed by atoms with Crippen LogP contribution in [0.5, 0.6) is 0 Å². The highest BCUT2D eigenvalue weighted by atomic mass is 32.2. The largest absolute Gasteiger partial charge is 0.384 e. The fraction of sp³-hybridized carbons (Fsp3) is 0.0714. The van der Waals surface area contributed by atoms with Crippen LogP contribution in [0.15, 0.2) is 47.4 Å². The molecule has 0 fully saturated rings. The van der Waals surface area contributed by atoms with E-state index in [1.54, 1.807) is 24.3 Å². The lowest BCUT2D eigenvalue weighted by Crippen LogP contribution is -2.11. The summed E-state index contributed by atoms with van der Waals surface area (Å²) in [6.45, 7) is 1.84. The van der Waals surface area contributed by atoms with Gasteiger partial charge in [-0.2, -0.15) is 8.42 Å². The van der Waals surface area contributed by atoms with Crippen molar-refractivity contribution < 1.29 is 13.0 Å². The van der Waals surface area contributed by atoms with Gasteiger partial charge in [0.05, 0.1) is 10.4 Å². The highest BCUT2D eigenvalue weighted by molar-refractivity contribution is 7.85. The van der Waals surface area contributed by atoms with Crippen molar-refractivity contribution in [2.75, 3.05) is 0 Å². The Morgan fingerprint density at radius 2 is 1.87 bits per heavy atom. The van der Waals surface area contributed by atoms with Crippen molar-refractivity contribution in [3.63, 3.8) is 0 Å². The number of nitrogens with two attached hydrogens (primary N) is 1. The molecule has 8 nitrogen and oxygen atoms in total. The average Bonchev–Trinajstić information content (AvgIpc) is 2.95. The van der Waals surface area contributed by atoms with Gasteiger partial charge in [0.1, 0.15) is 11.4 Å². The molecule has 0 spiro atoms. The number of aromatic nitrogens is 3. The number of rotatable bonds is 2.